The van der Waals surface area contributed by atoms with Crippen molar-refractivity contribution < 1.29 is 8.83 Å². The van der Waals surface area contributed by atoms with Gasteiger partial charge in [-0.1, -0.05) is 340 Å². The van der Waals surface area contributed by atoms with Crippen LogP contribution in [-0.4, -0.2) is 9.13 Å². The van der Waals surface area contributed by atoms with Crippen LogP contribution in [0, 0.1) is 0 Å². The third-order valence-corrected chi connectivity index (χ3v) is 22.5. The second kappa shape index (κ2) is 27.7. The van der Waals surface area contributed by atoms with Crippen molar-refractivity contribution in [2.45, 2.75) is 0 Å². The molecular weight excluding hydrogens is 1360 g/mol. The first-order chi connectivity index (χ1) is 55.5. The number of benzene rings is 18. The van der Waals surface area contributed by atoms with E-state index in [4.69, 9.17) is 8.83 Å². The lowest BCUT2D eigenvalue weighted by molar-refractivity contribution is 0.668. The molecule has 18 aromatic carbocycles. The molecule has 0 radical (unpaired) electrons. The molecule has 0 saturated carbocycles. The summed E-state index contributed by atoms with van der Waals surface area (Å²) in [5.74, 6) is 0. The monoisotopic (exact) mass is 1430 g/mol. The SMILES string of the molecule is c1ccc(-c2ccc3c(c2)c2cc(-c4ccccc4)ccc2n3-c2ccc(-c3ccc(-c4ccc(-c5cccc6oc7ccccc7c56)cc4)cc3)cc2)cc1.c1ccc(-c2ccc3c4ccc(-c5ccccc5)cc4n(-c4ccc(-c5ccc(-c6ccc(-c7cccc8oc9ccccc9c78)cc6)cc5)cc4)c3c2)cc1. The summed E-state index contributed by atoms with van der Waals surface area (Å²) in [5.41, 5.74) is 34.7. The number of fused-ring (bicyclic) bond motifs is 12. The summed E-state index contributed by atoms with van der Waals surface area (Å²) in [6.45, 7) is 0. The van der Waals surface area contributed by atoms with Crippen LogP contribution >= 0.6 is 0 Å². The van der Waals surface area contributed by atoms with Crippen LogP contribution in [0.3, 0.4) is 0 Å². The zero-order chi connectivity index (χ0) is 74.0. The van der Waals surface area contributed by atoms with Gasteiger partial charge in [0, 0.05) is 54.5 Å². The predicted octanol–water partition coefficient (Wildman–Crippen LogP) is 30.0. The summed E-state index contributed by atoms with van der Waals surface area (Å²) in [4.78, 5) is 0. The van der Waals surface area contributed by atoms with Gasteiger partial charge in [0.1, 0.15) is 22.3 Å². The van der Waals surface area contributed by atoms with Crippen LogP contribution in [-0.2, 0) is 0 Å². The van der Waals surface area contributed by atoms with E-state index in [1.165, 1.54) is 166 Å². The Kier molecular flexibility index (Phi) is 16.2. The predicted molar refractivity (Wildman–Crippen MR) is 470 cm³/mol. The van der Waals surface area contributed by atoms with Gasteiger partial charge in [-0.15, -0.1) is 0 Å². The number of para-hydroxylation sites is 2. The zero-order valence-electron chi connectivity index (χ0n) is 61.1. The summed E-state index contributed by atoms with van der Waals surface area (Å²) in [7, 11) is 0. The van der Waals surface area contributed by atoms with Gasteiger partial charge in [-0.25, -0.2) is 0 Å². The van der Waals surface area contributed by atoms with Crippen molar-refractivity contribution in [2.24, 2.45) is 0 Å². The van der Waals surface area contributed by atoms with Gasteiger partial charge in [-0.05, 0) is 196 Å². The van der Waals surface area contributed by atoms with E-state index in [0.29, 0.717) is 0 Å². The Morgan fingerprint density at radius 3 is 0.732 bits per heavy atom. The highest BCUT2D eigenvalue weighted by molar-refractivity contribution is 6.15. The van der Waals surface area contributed by atoms with Gasteiger partial charge in [-0.2, -0.15) is 0 Å². The molecule has 0 amide bonds. The van der Waals surface area contributed by atoms with E-state index in [1.807, 2.05) is 24.3 Å². The Labute approximate surface area is 648 Å². The molecule has 4 aromatic heterocycles. The fraction of sp³-hybridized carbons (Fsp3) is 0. The molecule has 0 aliphatic rings. The number of hydrogen-bond donors (Lipinski definition) is 0. The molecule has 112 heavy (non-hydrogen) atoms. The second-order valence-corrected chi connectivity index (χ2v) is 29.0. The van der Waals surface area contributed by atoms with E-state index < -0.39 is 0 Å². The number of aromatic nitrogens is 2. The molecule has 0 unspecified atom stereocenters. The van der Waals surface area contributed by atoms with Crippen molar-refractivity contribution in [1.82, 2.24) is 9.13 Å². The highest BCUT2D eigenvalue weighted by Crippen LogP contribution is 2.44. The van der Waals surface area contributed by atoms with Crippen molar-refractivity contribution in [3.8, 4) is 123 Å². The Morgan fingerprint density at radius 1 is 0.143 bits per heavy atom. The lowest BCUT2D eigenvalue weighted by atomic mass is 9.96. The standard InChI is InChI=1S/2C54H35NO/c1-3-10-36(11-4-1)43-28-32-47-48-33-29-44(37-12-5-2-6-13-37)35-51(48)55(50(47)34-43)45-30-26-41(27-31-45)39-20-18-38(19-21-39)40-22-24-42(25-23-40)46-15-9-17-53-54(46)49-14-7-8-16-52(49)56-53;1-3-10-36(11-4-1)43-28-32-50-48(34-43)49-35-44(37-12-5-2-6-13-37)29-33-51(49)55(50)45-30-26-41(27-31-45)39-20-18-38(19-21-39)40-22-24-42(25-23-40)46-15-9-17-53-54(46)47-14-7-8-16-52(47)56-53/h2*1-35H. The van der Waals surface area contributed by atoms with E-state index in [-0.39, 0.29) is 0 Å². The first kappa shape index (κ1) is 65.5. The average molecular weight is 1430 g/mol. The van der Waals surface area contributed by atoms with Crippen molar-refractivity contribution in [3.05, 3.63) is 425 Å². The van der Waals surface area contributed by atoms with Crippen LogP contribution in [0.15, 0.2) is 433 Å². The topological polar surface area (TPSA) is 36.1 Å². The fourth-order valence-corrected chi connectivity index (χ4v) is 16.9. The molecule has 0 saturated heterocycles. The molecule has 0 spiro atoms. The molecule has 4 heterocycles. The van der Waals surface area contributed by atoms with Crippen LogP contribution in [0.5, 0.6) is 0 Å². The Balaban J connectivity index is 0.000000141. The van der Waals surface area contributed by atoms with Crippen molar-refractivity contribution >= 4 is 87.5 Å². The third-order valence-electron chi connectivity index (χ3n) is 22.5. The summed E-state index contributed by atoms with van der Waals surface area (Å²) >= 11 is 0. The molecule has 0 fully saturated rings. The van der Waals surface area contributed by atoms with Gasteiger partial charge in [-0.3, -0.25) is 0 Å². The molecule has 524 valence electrons. The lowest BCUT2D eigenvalue weighted by Gasteiger charge is -2.12. The molecule has 0 aliphatic heterocycles. The molecule has 0 atom stereocenters. The number of rotatable bonds is 12. The van der Waals surface area contributed by atoms with Crippen molar-refractivity contribution in [3.63, 3.8) is 0 Å². The summed E-state index contributed by atoms with van der Waals surface area (Å²) < 4.78 is 17.1. The van der Waals surface area contributed by atoms with Gasteiger partial charge < -0.3 is 18.0 Å². The molecule has 0 bridgehead atoms. The molecule has 0 aliphatic carbocycles. The summed E-state index contributed by atoms with van der Waals surface area (Å²) in [5, 5.41) is 9.62. The van der Waals surface area contributed by atoms with E-state index in [9.17, 15) is 0 Å². The highest BCUT2D eigenvalue weighted by Gasteiger charge is 2.20. The number of nitrogens with zero attached hydrogens (tertiary/aromatic N) is 2. The van der Waals surface area contributed by atoms with Crippen LogP contribution in [0.4, 0.5) is 0 Å². The molecule has 22 aromatic rings. The van der Waals surface area contributed by atoms with Gasteiger partial charge in [0.05, 0.1) is 22.1 Å². The van der Waals surface area contributed by atoms with E-state index >= 15 is 0 Å². The molecule has 4 nitrogen and oxygen atoms in total. The molecule has 0 N–H and O–H groups in total. The number of furan rings is 2. The summed E-state index contributed by atoms with van der Waals surface area (Å²) in [6.07, 6.45) is 0. The minimum atomic E-state index is 0.917. The van der Waals surface area contributed by atoms with Gasteiger partial charge >= 0.3 is 0 Å². The van der Waals surface area contributed by atoms with Crippen molar-refractivity contribution in [2.75, 3.05) is 0 Å². The molecule has 4 heteroatoms. The van der Waals surface area contributed by atoms with Gasteiger partial charge in [0.2, 0.25) is 0 Å². The molecular formula is C108H70N2O2. The Morgan fingerprint density at radius 2 is 0.393 bits per heavy atom. The Bertz CT molecular complexity index is 7070. The quantitative estimate of drug-likeness (QED) is 0.122. The third kappa shape index (κ3) is 11.8. The Hall–Kier alpha value is -14.8. The van der Waals surface area contributed by atoms with Crippen LogP contribution in [0.25, 0.3) is 210 Å². The maximum absolute atomic E-state index is 6.15. The fourth-order valence-electron chi connectivity index (χ4n) is 16.9. The highest BCUT2D eigenvalue weighted by atomic mass is 16.3. The maximum atomic E-state index is 6.15. The number of hydrogen-bond acceptors (Lipinski definition) is 2. The normalized spacial score (nSPS) is 11.6. The van der Waals surface area contributed by atoms with Gasteiger partial charge in [0.15, 0.2) is 0 Å². The van der Waals surface area contributed by atoms with Crippen LogP contribution < -0.4 is 0 Å². The second-order valence-electron chi connectivity index (χ2n) is 29.0. The largest absolute Gasteiger partial charge is 0.456 e. The summed E-state index contributed by atoms with van der Waals surface area (Å²) in [6, 6.07) is 153. The minimum absolute atomic E-state index is 0.917. The first-order valence-electron chi connectivity index (χ1n) is 38.3. The maximum Gasteiger partial charge on any atom is 0.136 e. The first-order valence-corrected chi connectivity index (χ1v) is 38.3. The van der Waals surface area contributed by atoms with E-state index in [1.54, 1.807) is 0 Å². The lowest BCUT2D eigenvalue weighted by Crippen LogP contribution is -1.94. The zero-order valence-corrected chi connectivity index (χ0v) is 61.1. The smallest absolute Gasteiger partial charge is 0.136 e. The van der Waals surface area contributed by atoms with Crippen molar-refractivity contribution in [1.29, 1.82) is 0 Å². The van der Waals surface area contributed by atoms with Crippen LogP contribution in [0.1, 0.15) is 0 Å². The average Bonchev–Trinajstić information content (AvgIpc) is 1.59. The van der Waals surface area contributed by atoms with E-state index in [2.05, 4.69) is 410 Å². The molecule has 22 rings (SSSR count). The van der Waals surface area contributed by atoms with Gasteiger partial charge in [0.25, 0.3) is 0 Å². The van der Waals surface area contributed by atoms with Crippen LogP contribution in [0.2, 0.25) is 0 Å². The minimum Gasteiger partial charge on any atom is -0.456 e. The van der Waals surface area contributed by atoms with E-state index in [0.717, 1.165) is 44.5 Å².